The van der Waals surface area contributed by atoms with Crippen LogP contribution in [0.4, 0.5) is 0 Å². The summed E-state index contributed by atoms with van der Waals surface area (Å²) < 4.78 is 0. The van der Waals surface area contributed by atoms with E-state index in [9.17, 15) is 4.79 Å². The first-order chi connectivity index (χ1) is 7.26. The van der Waals surface area contributed by atoms with Crippen molar-refractivity contribution in [3.63, 3.8) is 0 Å². The number of alkyl halides is 1. The molecule has 0 bridgehead atoms. The Labute approximate surface area is 101 Å². The summed E-state index contributed by atoms with van der Waals surface area (Å²) in [5.41, 5.74) is -0.0775. The van der Waals surface area contributed by atoms with Gasteiger partial charge in [0.15, 0.2) is 0 Å². The van der Waals surface area contributed by atoms with E-state index in [2.05, 4.69) is 5.32 Å². The van der Waals surface area contributed by atoms with Crippen LogP contribution in [0.2, 0.25) is 0 Å². The number of hydrogen-bond acceptors (Lipinski definition) is 2. The van der Waals surface area contributed by atoms with Crippen LogP contribution >= 0.6 is 23.4 Å². The normalized spacial score (nSPS) is 29.3. The van der Waals surface area contributed by atoms with E-state index in [-0.39, 0.29) is 17.4 Å². The molecule has 0 aromatic carbocycles. The van der Waals surface area contributed by atoms with Crippen LogP contribution in [0.5, 0.6) is 0 Å². The molecule has 0 spiro atoms. The Hall–Kier alpha value is 0.110. The number of carbonyl (C=O) groups excluding carboxylic acids is 1. The molecule has 2 nitrogen and oxygen atoms in total. The van der Waals surface area contributed by atoms with Crippen molar-refractivity contribution in [1.82, 2.24) is 5.32 Å². The van der Waals surface area contributed by atoms with Gasteiger partial charge in [0.25, 0.3) is 0 Å². The second-order valence-corrected chi connectivity index (χ2v) is 6.09. The molecule has 1 unspecified atom stereocenters. The molecule has 0 radical (unpaired) electrons. The Bertz CT molecular complexity index is 235. The second kappa shape index (κ2) is 4.96. The van der Waals surface area contributed by atoms with Gasteiger partial charge in [-0.2, -0.15) is 11.8 Å². The molecule has 0 aromatic rings. The summed E-state index contributed by atoms with van der Waals surface area (Å²) in [4.78, 5) is 12.0. The molecule has 2 aliphatic rings. The Morgan fingerprint density at radius 1 is 1.47 bits per heavy atom. The lowest BCUT2D eigenvalue weighted by molar-refractivity contribution is -0.125. The molecule has 4 heteroatoms. The van der Waals surface area contributed by atoms with Crippen LogP contribution in [0.25, 0.3) is 0 Å². The van der Waals surface area contributed by atoms with Crippen molar-refractivity contribution in [2.45, 2.75) is 37.6 Å². The van der Waals surface area contributed by atoms with E-state index >= 15 is 0 Å². The average Bonchev–Trinajstić information content (AvgIpc) is 2.88. The average molecular weight is 248 g/mol. The summed E-state index contributed by atoms with van der Waals surface area (Å²) in [6, 6.07) is 0. The third-order valence-corrected chi connectivity index (χ3v) is 5.18. The minimum atomic E-state index is -0.0775. The summed E-state index contributed by atoms with van der Waals surface area (Å²) in [5.74, 6) is 3.16. The van der Waals surface area contributed by atoms with E-state index in [0.717, 1.165) is 30.8 Å². The van der Waals surface area contributed by atoms with E-state index < -0.39 is 0 Å². The third kappa shape index (κ3) is 2.62. The Morgan fingerprint density at radius 3 is 2.73 bits per heavy atom. The minimum Gasteiger partial charge on any atom is -0.349 e. The molecular weight excluding hydrogens is 230 g/mol. The Balaban J connectivity index is 1.91. The number of hydrogen-bond donors (Lipinski definition) is 1. The molecule has 1 N–H and O–H groups in total. The highest BCUT2D eigenvalue weighted by Crippen LogP contribution is 2.32. The van der Waals surface area contributed by atoms with E-state index in [0.29, 0.717) is 5.88 Å². The van der Waals surface area contributed by atoms with Crippen molar-refractivity contribution in [3.8, 4) is 0 Å². The maximum absolute atomic E-state index is 12.0. The van der Waals surface area contributed by atoms with Crippen LogP contribution in [0.15, 0.2) is 0 Å². The van der Waals surface area contributed by atoms with Crippen LogP contribution in [-0.2, 0) is 4.79 Å². The van der Waals surface area contributed by atoms with Gasteiger partial charge >= 0.3 is 0 Å². The standard InChI is InChI=1S/C11H18ClNOS/c12-8-11(4-1-2-5-11)13-10(14)9-3-6-15-7-9/h9H,1-8H2,(H,13,14). The van der Waals surface area contributed by atoms with Crippen LogP contribution < -0.4 is 5.32 Å². The van der Waals surface area contributed by atoms with Gasteiger partial charge in [0, 0.05) is 17.6 Å². The van der Waals surface area contributed by atoms with E-state index in [1.54, 1.807) is 0 Å². The lowest BCUT2D eigenvalue weighted by atomic mass is 9.98. The molecular formula is C11H18ClNOS. The predicted molar refractivity (Wildman–Crippen MR) is 65.5 cm³/mol. The molecule has 86 valence electrons. The molecule has 1 aliphatic carbocycles. The fourth-order valence-electron chi connectivity index (χ4n) is 2.45. The van der Waals surface area contributed by atoms with Crippen molar-refractivity contribution in [2.24, 2.45) is 5.92 Å². The van der Waals surface area contributed by atoms with Gasteiger partial charge in [-0.3, -0.25) is 4.79 Å². The topological polar surface area (TPSA) is 29.1 Å². The van der Waals surface area contributed by atoms with Crippen LogP contribution in [0.1, 0.15) is 32.1 Å². The van der Waals surface area contributed by atoms with Crippen LogP contribution in [0, 0.1) is 5.92 Å². The molecule has 2 rings (SSSR count). The molecule has 15 heavy (non-hydrogen) atoms. The molecule has 0 aromatic heterocycles. The highest BCUT2D eigenvalue weighted by atomic mass is 35.5. The van der Waals surface area contributed by atoms with E-state index in [4.69, 9.17) is 11.6 Å². The van der Waals surface area contributed by atoms with E-state index in [1.165, 1.54) is 12.8 Å². The van der Waals surface area contributed by atoms with Crippen LogP contribution in [-0.4, -0.2) is 28.8 Å². The zero-order valence-corrected chi connectivity index (χ0v) is 10.5. The van der Waals surface area contributed by atoms with Gasteiger partial charge in [-0.1, -0.05) is 12.8 Å². The first kappa shape index (κ1) is 11.6. The smallest absolute Gasteiger partial charge is 0.224 e. The lowest BCUT2D eigenvalue weighted by Gasteiger charge is -2.29. The molecule has 1 saturated carbocycles. The largest absolute Gasteiger partial charge is 0.349 e. The van der Waals surface area contributed by atoms with Gasteiger partial charge in [0.1, 0.15) is 0 Å². The third-order valence-electron chi connectivity index (χ3n) is 3.51. The molecule has 1 saturated heterocycles. The zero-order valence-electron chi connectivity index (χ0n) is 8.93. The van der Waals surface area contributed by atoms with Gasteiger partial charge in [-0.15, -0.1) is 11.6 Å². The summed E-state index contributed by atoms with van der Waals surface area (Å²) in [7, 11) is 0. The molecule has 1 aliphatic heterocycles. The fraction of sp³-hybridized carbons (Fsp3) is 0.909. The molecule has 1 atom stereocenters. The molecule has 1 heterocycles. The highest BCUT2D eigenvalue weighted by molar-refractivity contribution is 7.99. The number of halogens is 1. The van der Waals surface area contributed by atoms with Gasteiger partial charge in [0.05, 0.1) is 5.54 Å². The monoisotopic (exact) mass is 247 g/mol. The summed E-state index contributed by atoms with van der Waals surface area (Å²) in [5, 5.41) is 3.20. The zero-order chi connectivity index (χ0) is 10.7. The Kier molecular flexibility index (Phi) is 3.83. The number of nitrogens with one attached hydrogen (secondary N) is 1. The fourth-order valence-corrected chi connectivity index (χ4v) is 4.00. The van der Waals surface area contributed by atoms with Crippen molar-refractivity contribution in [1.29, 1.82) is 0 Å². The SMILES string of the molecule is O=C(NC1(CCl)CCCC1)C1CCSC1. The second-order valence-electron chi connectivity index (χ2n) is 4.67. The van der Waals surface area contributed by atoms with Crippen molar-refractivity contribution in [2.75, 3.05) is 17.4 Å². The van der Waals surface area contributed by atoms with Crippen molar-refractivity contribution >= 4 is 29.3 Å². The highest BCUT2D eigenvalue weighted by Gasteiger charge is 2.36. The number of thioether (sulfide) groups is 1. The Morgan fingerprint density at radius 2 is 2.20 bits per heavy atom. The number of amides is 1. The van der Waals surface area contributed by atoms with E-state index in [1.807, 2.05) is 11.8 Å². The van der Waals surface area contributed by atoms with Crippen molar-refractivity contribution in [3.05, 3.63) is 0 Å². The molecule has 1 amide bonds. The summed E-state index contributed by atoms with van der Waals surface area (Å²) >= 11 is 7.88. The van der Waals surface area contributed by atoms with Gasteiger partial charge < -0.3 is 5.32 Å². The predicted octanol–water partition coefficient (Wildman–Crippen LogP) is 2.41. The maximum Gasteiger partial charge on any atom is 0.224 e. The molecule has 2 fully saturated rings. The maximum atomic E-state index is 12.0. The quantitative estimate of drug-likeness (QED) is 0.776. The first-order valence-corrected chi connectivity index (χ1v) is 7.40. The lowest BCUT2D eigenvalue weighted by Crippen LogP contribution is -2.50. The van der Waals surface area contributed by atoms with Gasteiger partial charge in [-0.05, 0) is 25.0 Å². The van der Waals surface area contributed by atoms with Gasteiger partial charge in [-0.25, -0.2) is 0 Å². The summed E-state index contributed by atoms with van der Waals surface area (Å²) in [6.45, 7) is 0. The first-order valence-electron chi connectivity index (χ1n) is 5.71. The summed E-state index contributed by atoms with van der Waals surface area (Å²) in [6.07, 6.45) is 5.55. The van der Waals surface area contributed by atoms with Gasteiger partial charge in [0.2, 0.25) is 5.91 Å². The minimum absolute atomic E-state index is 0.0775. The van der Waals surface area contributed by atoms with Crippen LogP contribution in [0.3, 0.4) is 0 Å². The van der Waals surface area contributed by atoms with Crippen molar-refractivity contribution < 1.29 is 4.79 Å². The number of carbonyl (C=O) groups is 1. The number of rotatable bonds is 3.